The SMILES string of the molecule is Cc1sc(C(=O)NC2CCNCC2)cc1[N+](=O)[O-].Cl. The van der Waals surface area contributed by atoms with Crippen LogP contribution >= 0.6 is 23.7 Å². The van der Waals surface area contributed by atoms with Crippen molar-refractivity contribution in [2.45, 2.75) is 25.8 Å². The summed E-state index contributed by atoms with van der Waals surface area (Å²) in [6, 6.07) is 1.52. The molecule has 0 aliphatic carbocycles. The molecule has 0 unspecified atom stereocenters. The second kappa shape index (κ2) is 6.83. The molecule has 0 radical (unpaired) electrons. The number of nitro groups is 1. The highest BCUT2D eigenvalue weighted by molar-refractivity contribution is 7.14. The summed E-state index contributed by atoms with van der Waals surface area (Å²) in [5, 5.41) is 16.9. The molecular formula is C11H16ClN3O3S. The highest BCUT2D eigenvalue weighted by atomic mass is 35.5. The largest absolute Gasteiger partial charge is 0.349 e. The maximum atomic E-state index is 12.0. The van der Waals surface area contributed by atoms with Gasteiger partial charge in [0.05, 0.1) is 14.7 Å². The Morgan fingerprint density at radius 1 is 1.53 bits per heavy atom. The number of carbonyl (C=O) groups is 1. The quantitative estimate of drug-likeness (QED) is 0.659. The van der Waals surface area contributed by atoms with Crippen LogP contribution in [0.25, 0.3) is 0 Å². The van der Waals surface area contributed by atoms with Gasteiger partial charge in [-0.1, -0.05) is 0 Å². The Kier molecular flexibility index (Phi) is 5.71. The second-order valence-electron chi connectivity index (χ2n) is 4.31. The third kappa shape index (κ3) is 3.89. The minimum atomic E-state index is -0.451. The molecule has 6 nitrogen and oxygen atoms in total. The van der Waals surface area contributed by atoms with E-state index in [1.54, 1.807) is 6.92 Å². The first-order chi connectivity index (χ1) is 8.58. The molecule has 2 rings (SSSR count). The molecule has 0 aromatic carbocycles. The molecule has 0 saturated carbocycles. The van der Waals surface area contributed by atoms with E-state index in [2.05, 4.69) is 10.6 Å². The van der Waals surface area contributed by atoms with Gasteiger partial charge < -0.3 is 10.6 Å². The molecule has 1 aliphatic rings. The van der Waals surface area contributed by atoms with Gasteiger partial charge in [-0.25, -0.2) is 0 Å². The summed E-state index contributed by atoms with van der Waals surface area (Å²) < 4.78 is 0. The lowest BCUT2D eigenvalue weighted by molar-refractivity contribution is -0.385. The number of hydrogen-bond donors (Lipinski definition) is 2. The first-order valence-electron chi connectivity index (χ1n) is 5.84. The molecular weight excluding hydrogens is 290 g/mol. The van der Waals surface area contributed by atoms with Gasteiger partial charge in [-0.15, -0.1) is 23.7 Å². The molecule has 1 aliphatic heterocycles. The molecule has 0 spiro atoms. The zero-order valence-electron chi connectivity index (χ0n) is 10.5. The van der Waals surface area contributed by atoms with Crippen molar-refractivity contribution in [3.8, 4) is 0 Å². The van der Waals surface area contributed by atoms with Crippen LogP contribution < -0.4 is 10.6 Å². The van der Waals surface area contributed by atoms with Crippen LogP contribution in [-0.2, 0) is 0 Å². The molecule has 19 heavy (non-hydrogen) atoms. The van der Waals surface area contributed by atoms with Crippen LogP contribution in [0.1, 0.15) is 27.4 Å². The minimum Gasteiger partial charge on any atom is -0.349 e. The van der Waals surface area contributed by atoms with Crippen molar-refractivity contribution in [2.75, 3.05) is 13.1 Å². The van der Waals surface area contributed by atoms with E-state index in [0.717, 1.165) is 25.9 Å². The van der Waals surface area contributed by atoms with Gasteiger partial charge in [-0.2, -0.15) is 0 Å². The van der Waals surface area contributed by atoms with Crippen LogP contribution in [0.5, 0.6) is 0 Å². The number of nitrogens with one attached hydrogen (secondary N) is 2. The summed E-state index contributed by atoms with van der Waals surface area (Å²) in [6.45, 7) is 3.45. The zero-order chi connectivity index (χ0) is 13.1. The Labute approximate surface area is 121 Å². The van der Waals surface area contributed by atoms with E-state index in [0.29, 0.717) is 9.75 Å². The molecule has 1 saturated heterocycles. The number of amides is 1. The van der Waals surface area contributed by atoms with Crippen LogP contribution in [0, 0.1) is 17.0 Å². The first kappa shape index (κ1) is 15.9. The van der Waals surface area contributed by atoms with Crippen molar-refractivity contribution in [3.63, 3.8) is 0 Å². The van der Waals surface area contributed by atoms with Gasteiger partial charge in [0.2, 0.25) is 0 Å². The Bertz CT molecular complexity index is 472. The number of nitrogens with zero attached hydrogens (tertiary/aromatic N) is 1. The molecule has 2 heterocycles. The predicted molar refractivity (Wildman–Crippen MR) is 76.3 cm³/mol. The lowest BCUT2D eigenvalue weighted by Gasteiger charge is -2.23. The zero-order valence-corrected chi connectivity index (χ0v) is 12.1. The topological polar surface area (TPSA) is 84.3 Å². The van der Waals surface area contributed by atoms with Gasteiger partial charge in [0.25, 0.3) is 11.6 Å². The number of rotatable bonds is 3. The average molecular weight is 306 g/mol. The average Bonchev–Trinajstić information content (AvgIpc) is 2.73. The third-order valence-electron chi connectivity index (χ3n) is 2.99. The third-order valence-corrected chi connectivity index (χ3v) is 4.02. The van der Waals surface area contributed by atoms with Crippen molar-refractivity contribution in [2.24, 2.45) is 0 Å². The lowest BCUT2D eigenvalue weighted by atomic mass is 10.1. The molecule has 2 N–H and O–H groups in total. The minimum absolute atomic E-state index is 0. The van der Waals surface area contributed by atoms with E-state index in [-0.39, 0.29) is 30.0 Å². The summed E-state index contributed by atoms with van der Waals surface area (Å²) in [4.78, 5) is 23.2. The van der Waals surface area contributed by atoms with Crippen LogP contribution in [0.4, 0.5) is 5.69 Å². The fourth-order valence-corrected chi connectivity index (χ4v) is 2.88. The molecule has 1 aromatic heterocycles. The van der Waals surface area contributed by atoms with Gasteiger partial charge in [0, 0.05) is 12.1 Å². The van der Waals surface area contributed by atoms with Gasteiger partial charge >= 0.3 is 0 Å². The number of hydrogen-bond acceptors (Lipinski definition) is 5. The Morgan fingerprint density at radius 2 is 2.16 bits per heavy atom. The maximum absolute atomic E-state index is 12.0. The lowest BCUT2D eigenvalue weighted by Crippen LogP contribution is -2.42. The summed E-state index contributed by atoms with van der Waals surface area (Å²) in [7, 11) is 0. The maximum Gasteiger partial charge on any atom is 0.283 e. The van der Waals surface area contributed by atoms with E-state index in [4.69, 9.17) is 0 Å². The standard InChI is InChI=1S/C11H15N3O3S.ClH/c1-7-9(14(16)17)6-10(18-7)11(15)13-8-2-4-12-5-3-8;/h6,8,12H,2-5H2,1H3,(H,13,15);1H. The molecule has 1 amide bonds. The highest BCUT2D eigenvalue weighted by Gasteiger charge is 2.22. The van der Waals surface area contributed by atoms with Crippen molar-refractivity contribution in [1.29, 1.82) is 0 Å². The Morgan fingerprint density at radius 3 is 2.68 bits per heavy atom. The van der Waals surface area contributed by atoms with Crippen molar-refractivity contribution in [3.05, 3.63) is 25.9 Å². The summed E-state index contributed by atoms with van der Waals surface area (Å²) in [6.07, 6.45) is 1.80. The number of aryl methyl sites for hydroxylation is 1. The van der Waals surface area contributed by atoms with Crippen molar-refractivity contribution in [1.82, 2.24) is 10.6 Å². The van der Waals surface area contributed by atoms with E-state index in [9.17, 15) is 14.9 Å². The first-order valence-corrected chi connectivity index (χ1v) is 6.66. The Hall–Kier alpha value is -1.18. The van der Waals surface area contributed by atoms with Crippen molar-refractivity contribution >= 4 is 35.3 Å². The van der Waals surface area contributed by atoms with E-state index >= 15 is 0 Å². The molecule has 106 valence electrons. The van der Waals surface area contributed by atoms with Gasteiger partial charge in [-0.3, -0.25) is 14.9 Å². The number of piperidine rings is 1. The molecule has 1 aromatic rings. The Balaban J connectivity index is 0.00000180. The normalized spacial score (nSPS) is 15.6. The molecule has 1 fully saturated rings. The number of thiophene rings is 1. The van der Waals surface area contributed by atoms with Crippen LogP contribution in [0.2, 0.25) is 0 Å². The smallest absolute Gasteiger partial charge is 0.283 e. The molecule has 0 bridgehead atoms. The van der Waals surface area contributed by atoms with Gasteiger partial charge in [-0.05, 0) is 32.9 Å². The summed E-state index contributed by atoms with van der Waals surface area (Å²) in [5.41, 5.74) is 0.0236. The fraction of sp³-hybridized carbons (Fsp3) is 0.545. The van der Waals surface area contributed by atoms with Gasteiger partial charge in [0.15, 0.2) is 0 Å². The number of carbonyl (C=O) groups excluding carboxylic acids is 1. The predicted octanol–water partition coefficient (Wildman–Crippen LogP) is 1.87. The van der Waals surface area contributed by atoms with Crippen LogP contribution in [-0.4, -0.2) is 30.0 Å². The van der Waals surface area contributed by atoms with Crippen molar-refractivity contribution < 1.29 is 9.72 Å². The second-order valence-corrected chi connectivity index (χ2v) is 5.56. The van der Waals surface area contributed by atoms with Gasteiger partial charge in [0.1, 0.15) is 0 Å². The molecule has 8 heteroatoms. The van der Waals surface area contributed by atoms with Crippen LogP contribution in [0.3, 0.4) is 0 Å². The molecule has 0 atom stereocenters. The van der Waals surface area contributed by atoms with E-state index in [1.165, 1.54) is 17.4 Å². The van der Waals surface area contributed by atoms with E-state index < -0.39 is 4.92 Å². The number of halogens is 1. The fourth-order valence-electron chi connectivity index (χ4n) is 1.99. The van der Waals surface area contributed by atoms with E-state index in [1.807, 2.05) is 0 Å². The monoisotopic (exact) mass is 305 g/mol. The summed E-state index contributed by atoms with van der Waals surface area (Å²) in [5.74, 6) is -0.205. The summed E-state index contributed by atoms with van der Waals surface area (Å²) >= 11 is 1.17. The van der Waals surface area contributed by atoms with Crippen LogP contribution in [0.15, 0.2) is 6.07 Å². The highest BCUT2D eigenvalue weighted by Crippen LogP contribution is 2.28.